The maximum absolute atomic E-state index is 12.9. The Morgan fingerprint density at radius 1 is 1.00 bits per heavy atom. The molecule has 2 amide bonds. The molecule has 0 atom stereocenters. The largest absolute Gasteiger partial charge is 0.481 e. The number of rotatable bonds is 5. The van der Waals surface area contributed by atoms with Crippen molar-refractivity contribution in [1.29, 1.82) is 0 Å². The third-order valence-electron chi connectivity index (χ3n) is 5.13. The molecule has 1 aromatic rings. The molecule has 2 aliphatic rings. The number of carboxylic acids is 1. The minimum absolute atomic E-state index is 0.0841. The van der Waals surface area contributed by atoms with E-state index in [1.807, 2.05) is 0 Å². The van der Waals surface area contributed by atoms with Gasteiger partial charge in [0.05, 0.1) is 5.92 Å². The van der Waals surface area contributed by atoms with Crippen LogP contribution in [-0.4, -0.2) is 28.9 Å². The number of halogens is 1. The third-order valence-corrected chi connectivity index (χ3v) is 5.13. The molecule has 0 aromatic heterocycles. The van der Waals surface area contributed by atoms with E-state index in [4.69, 9.17) is 5.11 Å². The highest BCUT2D eigenvalue weighted by atomic mass is 19.1. The van der Waals surface area contributed by atoms with Gasteiger partial charge in [-0.05, 0) is 62.8 Å². The molecule has 2 fully saturated rings. The number of carbonyl (C=O) groups excluding carboxylic acids is 2. The van der Waals surface area contributed by atoms with Gasteiger partial charge >= 0.3 is 5.97 Å². The lowest BCUT2D eigenvalue weighted by Gasteiger charge is -2.28. The smallest absolute Gasteiger partial charge is 0.306 e. The summed E-state index contributed by atoms with van der Waals surface area (Å²) in [5.41, 5.74) is -0.606. The summed E-state index contributed by atoms with van der Waals surface area (Å²) in [7, 11) is 0. The fraction of sp³-hybridized carbons (Fsp3) is 0.500. The SMILES string of the molecule is O=C(O)C1CCC(NC(=O)C2(C(=O)Nc3ccc(F)cc3)CC2)CC1. The summed E-state index contributed by atoms with van der Waals surface area (Å²) in [5, 5.41) is 14.6. The number of anilines is 1. The maximum Gasteiger partial charge on any atom is 0.306 e. The zero-order valence-electron chi connectivity index (χ0n) is 13.8. The van der Waals surface area contributed by atoms with Crippen LogP contribution in [0.5, 0.6) is 0 Å². The highest BCUT2D eigenvalue weighted by molar-refractivity contribution is 6.13. The summed E-state index contributed by atoms with van der Waals surface area (Å²) in [6.45, 7) is 0. The molecular formula is C18H21FN2O4. The van der Waals surface area contributed by atoms with Crippen molar-refractivity contribution >= 4 is 23.5 Å². The van der Waals surface area contributed by atoms with Crippen LogP contribution in [0.1, 0.15) is 38.5 Å². The molecule has 0 aliphatic heterocycles. The lowest BCUT2D eigenvalue weighted by molar-refractivity contribution is -0.142. The Balaban J connectivity index is 1.55. The van der Waals surface area contributed by atoms with E-state index in [0.29, 0.717) is 44.2 Å². The molecule has 0 unspecified atom stereocenters. The molecule has 0 heterocycles. The third kappa shape index (κ3) is 3.81. The molecule has 134 valence electrons. The van der Waals surface area contributed by atoms with Gasteiger partial charge in [-0.2, -0.15) is 0 Å². The van der Waals surface area contributed by atoms with Crippen LogP contribution >= 0.6 is 0 Å². The van der Waals surface area contributed by atoms with Crippen LogP contribution in [0, 0.1) is 17.2 Å². The van der Waals surface area contributed by atoms with Gasteiger partial charge in [-0.1, -0.05) is 0 Å². The molecule has 0 spiro atoms. The van der Waals surface area contributed by atoms with E-state index >= 15 is 0 Å². The van der Waals surface area contributed by atoms with Crippen molar-refractivity contribution in [2.75, 3.05) is 5.32 Å². The molecule has 1 aromatic carbocycles. The van der Waals surface area contributed by atoms with Crippen LogP contribution in [0.15, 0.2) is 24.3 Å². The lowest BCUT2D eigenvalue weighted by Crippen LogP contribution is -2.46. The van der Waals surface area contributed by atoms with Crippen LogP contribution in [0.2, 0.25) is 0 Å². The average molecular weight is 348 g/mol. The van der Waals surface area contributed by atoms with E-state index in [0.717, 1.165) is 0 Å². The quantitative estimate of drug-likeness (QED) is 0.712. The second kappa shape index (κ2) is 6.82. The molecule has 3 rings (SSSR count). The van der Waals surface area contributed by atoms with E-state index in [1.165, 1.54) is 24.3 Å². The number of hydrogen-bond donors (Lipinski definition) is 3. The minimum Gasteiger partial charge on any atom is -0.481 e. The molecule has 3 N–H and O–H groups in total. The van der Waals surface area contributed by atoms with Gasteiger partial charge in [-0.15, -0.1) is 0 Å². The van der Waals surface area contributed by atoms with Crippen molar-refractivity contribution in [3.8, 4) is 0 Å². The van der Waals surface area contributed by atoms with Crippen molar-refractivity contribution < 1.29 is 23.9 Å². The van der Waals surface area contributed by atoms with Crippen molar-refractivity contribution in [2.45, 2.75) is 44.6 Å². The molecule has 2 aliphatic carbocycles. The monoisotopic (exact) mass is 348 g/mol. The first-order chi connectivity index (χ1) is 11.9. The fourth-order valence-corrected chi connectivity index (χ4v) is 3.27. The van der Waals surface area contributed by atoms with E-state index in [-0.39, 0.29) is 23.8 Å². The van der Waals surface area contributed by atoms with Gasteiger partial charge < -0.3 is 15.7 Å². The Morgan fingerprint density at radius 3 is 2.12 bits per heavy atom. The lowest BCUT2D eigenvalue weighted by atomic mass is 9.86. The van der Waals surface area contributed by atoms with Crippen LogP contribution in [0.3, 0.4) is 0 Å². The molecule has 6 nitrogen and oxygen atoms in total. The van der Waals surface area contributed by atoms with Gasteiger partial charge in [-0.3, -0.25) is 14.4 Å². The fourth-order valence-electron chi connectivity index (χ4n) is 3.27. The summed E-state index contributed by atoms with van der Waals surface area (Å²) >= 11 is 0. The Morgan fingerprint density at radius 2 is 1.60 bits per heavy atom. The first-order valence-electron chi connectivity index (χ1n) is 8.51. The first kappa shape index (κ1) is 17.4. The Kier molecular flexibility index (Phi) is 4.74. The standard InChI is InChI=1S/C18H21FN2O4/c19-12-3-7-14(8-4-12)21-17(25)18(9-10-18)16(24)20-13-5-1-11(2-6-13)15(22)23/h3-4,7-8,11,13H,1-2,5-6,9-10H2,(H,20,24)(H,21,25)(H,22,23). The van der Waals surface area contributed by atoms with Crippen LogP contribution in [0.4, 0.5) is 10.1 Å². The summed E-state index contributed by atoms with van der Waals surface area (Å²) in [6.07, 6.45) is 3.26. The summed E-state index contributed by atoms with van der Waals surface area (Å²) < 4.78 is 12.9. The summed E-state index contributed by atoms with van der Waals surface area (Å²) in [4.78, 5) is 36.0. The van der Waals surface area contributed by atoms with E-state index in [1.54, 1.807) is 0 Å². The zero-order chi connectivity index (χ0) is 18.0. The zero-order valence-corrected chi connectivity index (χ0v) is 13.8. The summed E-state index contributed by atoms with van der Waals surface area (Å²) in [6, 6.07) is 5.31. The van der Waals surface area contributed by atoms with Gasteiger partial charge in [0.1, 0.15) is 11.2 Å². The Labute approximate surface area is 144 Å². The number of hydrogen-bond acceptors (Lipinski definition) is 3. The normalized spacial score (nSPS) is 24.2. The second-order valence-electron chi connectivity index (χ2n) is 6.90. The molecule has 2 saturated carbocycles. The van der Waals surface area contributed by atoms with Gasteiger partial charge in [0, 0.05) is 11.7 Å². The van der Waals surface area contributed by atoms with Crippen molar-refractivity contribution in [1.82, 2.24) is 5.32 Å². The highest BCUT2D eigenvalue weighted by Gasteiger charge is 2.56. The number of benzene rings is 1. The topological polar surface area (TPSA) is 95.5 Å². The van der Waals surface area contributed by atoms with Gasteiger partial charge in [0.15, 0.2) is 0 Å². The Hall–Kier alpha value is -2.44. The van der Waals surface area contributed by atoms with Crippen molar-refractivity contribution in [3.63, 3.8) is 0 Å². The van der Waals surface area contributed by atoms with Gasteiger partial charge in [0.25, 0.3) is 0 Å². The molecule has 25 heavy (non-hydrogen) atoms. The van der Waals surface area contributed by atoms with Crippen molar-refractivity contribution in [3.05, 3.63) is 30.1 Å². The van der Waals surface area contributed by atoms with E-state index in [2.05, 4.69) is 10.6 Å². The predicted molar refractivity (Wildman–Crippen MR) is 88.2 cm³/mol. The first-order valence-corrected chi connectivity index (χ1v) is 8.51. The maximum atomic E-state index is 12.9. The molecule has 0 radical (unpaired) electrons. The molecular weight excluding hydrogens is 327 g/mol. The van der Waals surface area contributed by atoms with E-state index in [9.17, 15) is 18.8 Å². The number of aliphatic carboxylic acids is 1. The van der Waals surface area contributed by atoms with Crippen LogP contribution in [0.25, 0.3) is 0 Å². The van der Waals surface area contributed by atoms with Crippen molar-refractivity contribution in [2.24, 2.45) is 11.3 Å². The van der Waals surface area contributed by atoms with E-state index < -0.39 is 17.2 Å². The predicted octanol–water partition coefficient (Wildman–Crippen LogP) is 2.30. The number of carbonyl (C=O) groups is 3. The number of carboxylic acid groups (broad SMARTS) is 1. The van der Waals surface area contributed by atoms with Crippen LogP contribution < -0.4 is 10.6 Å². The average Bonchev–Trinajstić information content (AvgIpc) is 3.39. The molecule has 7 heteroatoms. The summed E-state index contributed by atoms with van der Waals surface area (Å²) in [5.74, 6) is -2.21. The minimum atomic E-state index is -1.06. The molecule has 0 saturated heterocycles. The molecule has 0 bridgehead atoms. The van der Waals surface area contributed by atoms with Gasteiger partial charge in [-0.25, -0.2) is 4.39 Å². The number of amides is 2. The van der Waals surface area contributed by atoms with Crippen LogP contribution in [-0.2, 0) is 14.4 Å². The Bertz CT molecular complexity index is 677. The highest BCUT2D eigenvalue weighted by Crippen LogP contribution is 2.47. The second-order valence-corrected chi connectivity index (χ2v) is 6.90. The number of nitrogens with one attached hydrogen (secondary N) is 2. The van der Waals surface area contributed by atoms with Gasteiger partial charge in [0.2, 0.25) is 11.8 Å².